The van der Waals surface area contributed by atoms with Gasteiger partial charge in [0.05, 0.1) is 11.1 Å². The molecule has 0 aliphatic heterocycles. The van der Waals surface area contributed by atoms with Gasteiger partial charge in [-0.25, -0.2) is 0 Å². The summed E-state index contributed by atoms with van der Waals surface area (Å²) in [6, 6.07) is 11.6. The average Bonchev–Trinajstić information content (AvgIpc) is 2.48. The first kappa shape index (κ1) is 15.0. The minimum absolute atomic E-state index is 0.356. The lowest BCUT2D eigenvalue weighted by Gasteiger charge is -2.23. The van der Waals surface area contributed by atoms with Crippen LogP contribution in [-0.2, 0) is 11.2 Å². The second kappa shape index (κ2) is 7.39. The highest BCUT2D eigenvalue weighted by Crippen LogP contribution is 2.25. The van der Waals surface area contributed by atoms with Crippen molar-refractivity contribution in [2.24, 2.45) is 0 Å². The normalized spacial score (nSPS) is 13.9. The van der Waals surface area contributed by atoms with E-state index in [-0.39, 0.29) is 6.10 Å². The summed E-state index contributed by atoms with van der Waals surface area (Å²) < 4.78 is 5.69. The zero-order valence-electron chi connectivity index (χ0n) is 11.4. The van der Waals surface area contributed by atoms with Crippen LogP contribution in [0.2, 0.25) is 5.02 Å². The molecule has 0 fully saturated rings. The Balaban J connectivity index is 2.16. The molecule has 2 atom stereocenters. The molecule has 1 heterocycles. The number of pyridine rings is 1. The maximum Gasteiger partial charge on any atom is 0.109 e. The highest BCUT2D eigenvalue weighted by molar-refractivity contribution is 6.31. The van der Waals surface area contributed by atoms with E-state index in [4.69, 9.17) is 16.3 Å². The van der Waals surface area contributed by atoms with Crippen LogP contribution in [0.5, 0.6) is 0 Å². The van der Waals surface area contributed by atoms with E-state index >= 15 is 0 Å². The minimum atomic E-state index is -0.655. The summed E-state index contributed by atoms with van der Waals surface area (Å²) in [7, 11) is 0. The quantitative estimate of drug-likeness (QED) is 0.887. The molecule has 0 saturated carbocycles. The summed E-state index contributed by atoms with van der Waals surface area (Å²) in [6.07, 6.45) is 2.68. The third kappa shape index (κ3) is 3.79. The van der Waals surface area contributed by atoms with Gasteiger partial charge in [-0.1, -0.05) is 41.9 Å². The maximum atomic E-state index is 10.5. The lowest BCUT2D eigenvalue weighted by Crippen LogP contribution is -2.24. The topological polar surface area (TPSA) is 42.4 Å². The van der Waals surface area contributed by atoms with Crippen LogP contribution in [0.25, 0.3) is 0 Å². The van der Waals surface area contributed by atoms with Crippen molar-refractivity contribution in [3.8, 4) is 0 Å². The van der Waals surface area contributed by atoms with E-state index in [2.05, 4.69) is 4.98 Å². The molecule has 3 nitrogen and oxygen atoms in total. The third-order valence-electron chi connectivity index (χ3n) is 3.11. The number of hydrogen-bond acceptors (Lipinski definition) is 3. The molecule has 1 aromatic heterocycles. The molecule has 0 saturated heterocycles. The van der Waals surface area contributed by atoms with Crippen molar-refractivity contribution in [2.75, 3.05) is 6.61 Å². The summed E-state index contributed by atoms with van der Waals surface area (Å²) in [4.78, 5) is 3.95. The summed E-state index contributed by atoms with van der Waals surface area (Å²) in [5.74, 6) is 0. The Morgan fingerprint density at radius 1 is 1.25 bits per heavy atom. The van der Waals surface area contributed by atoms with E-state index in [9.17, 15) is 5.11 Å². The molecule has 106 valence electrons. The minimum Gasteiger partial charge on any atom is -0.390 e. The number of aromatic nitrogens is 1. The van der Waals surface area contributed by atoms with E-state index in [1.165, 1.54) is 0 Å². The van der Waals surface area contributed by atoms with Crippen LogP contribution in [-0.4, -0.2) is 22.8 Å². The molecular formula is C16H18ClNO2. The first-order valence-electron chi connectivity index (χ1n) is 6.65. The third-order valence-corrected chi connectivity index (χ3v) is 3.45. The average molecular weight is 292 g/mol. The molecule has 0 spiro atoms. The van der Waals surface area contributed by atoms with Crippen molar-refractivity contribution < 1.29 is 9.84 Å². The van der Waals surface area contributed by atoms with Gasteiger partial charge in [0.1, 0.15) is 6.10 Å². The molecule has 0 aliphatic carbocycles. The molecule has 1 N–H and O–H groups in total. The fraction of sp³-hybridized carbons (Fsp3) is 0.312. The monoisotopic (exact) mass is 291 g/mol. The second-order valence-electron chi connectivity index (χ2n) is 4.53. The zero-order valence-corrected chi connectivity index (χ0v) is 12.1. The smallest absolute Gasteiger partial charge is 0.109 e. The van der Waals surface area contributed by atoms with Gasteiger partial charge >= 0.3 is 0 Å². The molecule has 4 heteroatoms. The van der Waals surface area contributed by atoms with Crippen LogP contribution in [0.15, 0.2) is 48.8 Å². The molecule has 0 aliphatic rings. The number of aliphatic hydroxyl groups is 1. The van der Waals surface area contributed by atoms with Gasteiger partial charge in [0.25, 0.3) is 0 Å². The van der Waals surface area contributed by atoms with Crippen molar-refractivity contribution in [3.63, 3.8) is 0 Å². The van der Waals surface area contributed by atoms with Crippen LogP contribution in [0.3, 0.4) is 0 Å². The second-order valence-corrected chi connectivity index (χ2v) is 4.93. The molecule has 0 radical (unpaired) electrons. The van der Waals surface area contributed by atoms with Crippen LogP contribution in [0, 0.1) is 0 Å². The molecule has 0 amide bonds. The first-order valence-corrected chi connectivity index (χ1v) is 7.03. The fourth-order valence-corrected chi connectivity index (χ4v) is 2.35. The van der Waals surface area contributed by atoms with Gasteiger partial charge in [0.2, 0.25) is 0 Å². The number of hydrogen-bond donors (Lipinski definition) is 1. The molecule has 2 aromatic rings. The Labute approximate surface area is 124 Å². The van der Waals surface area contributed by atoms with Gasteiger partial charge < -0.3 is 9.84 Å². The van der Waals surface area contributed by atoms with Gasteiger partial charge in [-0.15, -0.1) is 0 Å². The van der Waals surface area contributed by atoms with Crippen LogP contribution >= 0.6 is 11.6 Å². The molecule has 2 unspecified atom stereocenters. The SMILES string of the molecule is CCOC(c1ccccc1)C(O)Cc1ccncc1Cl. The van der Waals surface area contributed by atoms with Crippen molar-refractivity contribution >= 4 is 11.6 Å². The van der Waals surface area contributed by atoms with Gasteiger partial charge in [0, 0.05) is 25.4 Å². The predicted molar refractivity (Wildman–Crippen MR) is 79.8 cm³/mol. The van der Waals surface area contributed by atoms with Crippen molar-refractivity contribution in [1.29, 1.82) is 0 Å². The lowest BCUT2D eigenvalue weighted by atomic mass is 9.99. The van der Waals surface area contributed by atoms with Crippen molar-refractivity contribution in [3.05, 3.63) is 64.9 Å². The van der Waals surface area contributed by atoms with Crippen LogP contribution in [0.4, 0.5) is 0 Å². The summed E-state index contributed by atoms with van der Waals surface area (Å²) in [6.45, 7) is 2.46. The Hall–Kier alpha value is -1.42. The Bertz CT molecular complexity index is 533. The zero-order chi connectivity index (χ0) is 14.4. The standard InChI is InChI=1S/C16H18ClNO2/c1-2-20-16(12-6-4-3-5-7-12)15(19)10-13-8-9-18-11-14(13)17/h3-9,11,15-16,19H,2,10H2,1H3. The van der Waals surface area contributed by atoms with Gasteiger partial charge in [-0.3, -0.25) is 4.98 Å². The Morgan fingerprint density at radius 3 is 2.65 bits per heavy atom. The van der Waals surface area contributed by atoms with E-state index in [1.54, 1.807) is 12.4 Å². The summed E-state index contributed by atoms with van der Waals surface area (Å²) in [5, 5.41) is 11.0. The molecule has 2 rings (SSSR count). The highest BCUT2D eigenvalue weighted by atomic mass is 35.5. The number of rotatable bonds is 6. The van der Waals surface area contributed by atoms with Gasteiger partial charge in [-0.05, 0) is 24.1 Å². The van der Waals surface area contributed by atoms with E-state index in [0.29, 0.717) is 18.1 Å². The molecule has 0 bridgehead atoms. The van der Waals surface area contributed by atoms with E-state index < -0.39 is 6.10 Å². The molecular weight excluding hydrogens is 274 g/mol. The van der Waals surface area contributed by atoms with E-state index in [1.807, 2.05) is 43.3 Å². The van der Waals surface area contributed by atoms with Crippen molar-refractivity contribution in [1.82, 2.24) is 4.98 Å². The largest absolute Gasteiger partial charge is 0.390 e. The number of halogens is 1. The van der Waals surface area contributed by atoms with Crippen LogP contribution in [0.1, 0.15) is 24.2 Å². The predicted octanol–water partition coefficient (Wildman–Crippen LogP) is 3.42. The number of benzene rings is 1. The van der Waals surface area contributed by atoms with Crippen LogP contribution < -0.4 is 0 Å². The Morgan fingerprint density at radius 2 is 2.00 bits per heavy atom. The summed E-state index contributed by atoms with van der Waals surface area (Å²) in [5.41, 5.74) is 1.84. The van der Waals surface area contributed by atoms with Crippen molar-refractivity contribution in [2.45, 2.75) is 25.6 Å². The maximum absolute atomic E-state index is 10.5. The Kier molecular flexibility index (Phi) is 5.53. The first-order chi connectivity index (χ1) is 9.72. The highest BCUT2D eigenvalue weighted by Gasteiger charge is 2.22. The van der Waals surface area contributed by atoms with E-state index in [0.717, 1.165) is 11.1 Å². The lowest BCUT2D eigenvalue weighted by molar-refractivity contribution is -0.0339. The molecule has 1 aromatic carbocycles. The van der Waals surface area contributed by atoms with Gasteiger partial charge in [-0.2, -0.15) is 0 Å². The number of ether oxygens (including phenoxy) is 1. The molecule has 20 heavy (non-hydrogen) atoms. The fourth-order valence-electron chi connectivity index (χ4n) is 2.15. The summed E-state index contributed by atoms with van der Waals surface area (Å²) >= 11 is 6.08. The number of nitrogens with zero attached hydrogens (tertiary/aromatic N) is 1. The number of aliphatic hydroxyl groups excluding tert-OH is 1. The van der Waals surface area contributed by atoms with Gasteiger partial charge in [0.15, 0.2) is 0 Å².